The fourth-order valence-corrected chi connectivity index (χ4v) is 2.02. The van der Waals surface area contributed by atoms with Crippen molar-refractivity contribution >= 4 is 12.0 Å². The monoisotopic (exact) mass is 274 g/mol. The maximum atomic E-state index is 11.6. The van der Waals surface area contributed by atoms with Crippen molar-refractivity contribution in [3.63, 3.8) is 0 Å². The molecule has 0 aliphatic carbocycles. The number of aliphatic carboxylic acids is 1. The second-order valence-electron chi connectivity index (χ2n) is 4.51. The van der Waals surface area contributed by atoms with Crippen LogP contribution in [0.5, 0.6) is 0 Å². The summed E-state index contributed by atoms with van der Waals surface area (Å²) in [6.07, 6.45) is -0.158. The SMILES string of the molecule is O=C(NCC1COCCO1)NC1COCC1C(=O)O. The molecule has 2 rings (SSSR count). The van der Waals surface area contributed by atoms with Gasteiger partial charge in [-0.3, -0.25) is 4.79 Å². The highest BCUT2D eigenvalue weighted by Gasteiger charge is 2.35. The molecule has 0 spiro atoms. The summed E-state index contributed by atoms with van der Waals surface area (Å²) >= 11 is 0. The van der Waals surface area contributed by atoms with Gasteiger partial charge in [0.15, 0.2) is 0 Å². The number of carbonyl (C=O) groups is 2. The van der Waals surface area contributed by atoms with Crippen LogP contribution in [0.25, 0.3) is 0 Å². The molecule has 0 radical (unpaired) electrons. The van der Waals surface area contributed by atoms with Crippen LogP contribution >= 0.6 is 0 Å². The van der Waals surface area contributed by atoms with Crippen molar-refractivity contribution in [3.8, 4) is 0 Å². The van der Waals surface area contributed by atoms with Gasteiger partial charge in [0.2, 0.25) is 0 Å². The predicted octanol–water partition coefficient (Wildman–Crippen LogP) is -1.20. The average molecular weight is 274 g/mol. The number of hydrogen-bond donors (Lipinski definition) is 3. The molecule has 0 aromatic heterocycles. The first kappa shape index (κ1) is 14.0. The van der Waals surface area contributed by atoms with E-state index in [0.29, 0.717) is 26.4 Å². The van der Waals surface area contributed by atoms with E-state index in [1.54, 1.807) is 0 Å². The lowest BCUT2D eigenvalue weighted by atomic mass is 10.0. The van der Waals surface area contributed by atoms with Crippen molar-refractivity contribution in [1.29, 1.82) is 0 Å². The molecular weight excluding hydrogens is 256 g/mol. The molecule has 0 aromatic rings. The molecule has 0 bridgehead atoms. The van der Waals surface area contributed by atoms with E-state index < -0.39 is 24.0 Å². The average Bonchev–Trinajstić information content (AvgIpc) is 2.86. The molecule has 2 aliphatic rings. The Hall–Kier alpha value is -1.38. The quantitative estimate of drug-likeness (QED) is 0.594. The first-order valence-corrected chi connectivity index (χ1v) is 6.21. The van der Waals surface area contributed by atoms with Crippen LogP contribution in [0.3, 0.4) is 0 Å². The van der Waals surface area contributed by atoms with Gasteiger partial charge < -0.3 is 30.0 Å². The molecule has 2 saturated heterocycles. The van der Waals surface area contributed by atoms with E-state index in [9.17, 15) is 9.59 Å². The van der Waals surface area contributed by atoms with Crippen molar-refractivity contribution in [3.05, 3.63) is 0 Å². The van der Waals surface area contributed by atoms with Crippen LogP contribution in [0.4, 0.5) is 4.79 Å². The van der Waals surface area contributed by atoms with Gasteiger partial charge in [-0.05, 0) is 0 Å². The Morgan fingerprint density at radius 3 is 2.68 bits per heavy atom. The number of carboxylic acids is 1. The Labute approximate surface area is 110 Å². The highest BCUT2D eigenvalue weighted by atomic mass is 16.6. The molecule has 3 atom stereocenters. The topological polar surface area (TPSA) is 106 Å². The summed E-state index contributed by atoms with van der Waals surface area (Å²) in [4.78, 5) is 22.6. The fraction of sp³-hybridized carbons (Fsp3) is 0.818. The maximum absolute atomic E-state index is 11.6. The molecule has 0 aromatic carbocycles. The van der Waals surface area contributed by atoms with Gasteiger partial charge in [0.1, 0.15) is 5.92 Å². The van der Waals surface area contributed by atoms with Crippen molar-refractivity contribution in [2.75, 3.05) is 39.6 Å². The summed E-state index contributed by atoms with van der Waals surface area (Å²) in [5.74, 6) is -1.66. The molecule has 108 valence electrons. The van der Waals surface area contributed by atoms with Crippen LogP contribution in [0.2, 0.25) is 0 Å². The maximum Gasteiger partial charge on any atom is 0.315 e. The summed E-state index contributed by atoms with van der Waals surface area (Å²) in [5, 5.41) is 14.2. The van der Waals surface area contributed by atoms with Crippen molar-refractivity contribution < 1.29 is 28.9 Å². The number of hydrogen-bond acceptors (Lipinski definition) is 5. The highest BCUT2D eigenvalue weighted by Crippen LogP contribution is 2.13. The van der Waals surface area contributed by atoms with E-state index in [1.807, 2.05) is 0 Å². The number of amides is 2. The predicted molar refractivity (Wildman–Crippen MR) is 62.8 cm³/mol. The van der Waals surface area contributed by atoms with Crippen molar-refractivity contribution in [2.24, 2.45) is 5.92 Å². The fourth-order valence-electron chi connectivity index (χ4n) is 2.02. The molecule has 2 amide bonds. The zero-order valence-electron chi connectivity index (χ0n) is 10.5. The van der Waals surface area contributed by atoms with Gasteiger partial charge in [-0.2, -0.15) is 0 Å². The number of urea groups is 1. The van der Waals surface area contributed by atoms with E-state index in [2.05, 4.69) is 10.6 Å². The van der Waals surface area contributed by atoms with Crippen LogP contribution in [0, 0.1) is 5.92 Å². The molecule has 8 nitrogen and oxygen atoms in total. The largest absolute Gasteiger partial charge is 0.481 e. The van der Waals surface area contributed by atoms with Crippen LogP contribution in [-0.2, 0) is 19.0 Å². The van der Waals surface area contributed by atoms with Gasteiger partial charge in [0, 0.05) is 6.54 Å². The van der Waals surface area contributed by atoms with Gasteiger partial charge in [0.05, 0.1) is 45.2 Å². The number of ether oxygens (including phenoxy) is 3. The Morgan fingerprint density at radius 2 is 2.00 bits per heavy atom. The minimum absolute atomic E-state index is 0.125. The second kappa shape index (κ2) is 6.69. The van der Waals surface area contributed by atoms with E-state index in [-0.39, 0.29) is 19.3 Å². The Kier molecular flexibility index (Phi) is 4.94. The van der Waals surface area contributed by atoms with Gasteiger partial charge in [-0.15, -0.1) is 0 Å². The number of carboxylic acid groups (broad SMARTS) is 1. The smallest absolute Gasteiger partial charge is 0.315 e. The van der Waals surface area contributed by atoms with Gasteiger partial charge in [-0.25, -0.2) is 4.79 Å². The molecule has 8 heteroatoms. The summed E-state index contributed by atoms with van der Waals surface area (Å²) in [6.45, 7) is 2.21. The third-order valence-corrected chi connectivity index (χ3v) is 3.09. The normalized spacial score (nSPS) is 30.8. The van der Waals surface area contributed by atoms with E-state index in [4.69, 9.17) is 19.3 Å². The Balaban J connectivity index is 1.70. The van der Waals surface area contributed by atoms with Crippen LogP contribution in [0.1, 0.15) is 0 Å². The van der Waals surface area contributed by atoms with E-state index >= 15 is 0 Å². The first-order valence-electron chi connectivity index (χ1n) is 6.21. The third kappa shape index (κ3) is 4.05. The van der Waals surface area contributed by atoms with Crippen molar-refractivity contribution in [2.45, 2.75) is 12.1 Å². The zero-order valence-corrected chi connectivity index (χ0v) is 10.5. The summed E-state index contributed by atoms with van der Waals surface area (Å²) in [5.41, 5.74) is 0. The minimum Gasteiger partial charge on any atom is -0.481 e. The lowest BCUT2D eigenvalue weighted by Crippen LogP contribution is -2.49. The number of nitrogens with one attached hydrogen (secondary N) is 2. The molecular formula is C11H18N2O6. The van der Waals surface area contributed by atoms with Gasteiger partial charge in [-0.1, -0.05) is 0 Å². The molecule has 2 aliphatic heterocycles. The third-order valence-electron chi connectivity index (χ3n) is 3.09. The summed E-state index contributed by atoms with van der Waals surface area (Å²) in [6, 6.07) is -0.919. The summed E-state index contributed by atoms with van der Waals surface area (Å²) < 4.78 is 15.6. The molecule has 2 fully saturated rings. The van der Waals surface area contributed by atoms with Crippen LogP contribution < -0.4 is 10.6 Å². The second-order valence-corrected chi connectivity index (χ2v) is 4.51. The van der Waals surface area contributed by atoms with Crippen molar-refractivity contribution in [1.82, 2.24) is 10.6 Å². The standard InChI is InChI=1S/C11H18N2O6/c14-10(15)8-5-18-6-9(8)13-11(16)12-3-7-4-17-1-2-19-7/h7-9H,1-6H2,(H,14,15)(H2,12,13,16). The highest BCUT2D eigenvalue weighted by molar-refractivity contribution is 5.77. The molecule has 2 heterocycles. The summed E-state index contributed by atoms with van der Waals surface area (Å²) in [7, 11) is 0. The number of carbonyl (C=O) groups excluding carboxylic acids is 1. The van der Waals surface area contributed by atoms with E-state index in [1.165, 1.54) is 0 Å². The van der Waals surface area contributed by atoms with E-state index in [0.717, 1.165) is 0 Å². The van der Waals surface area contributed by atoms with Crippen LogP contribution in [0.15, 0.2) is 0 Å². The first-order chi connectivity index (χ1) is 9.16. The van der Waals surface area contributed by atoms with Gasteiger partial charge >= 0.3 is 12.0 Å². The molecule has 3 N–H and O–H groups in total. The lowest BCUT2D eigenvalue weighted by Gasteiger charge is -2.23. The van der Waals surface area contributed by atoms with Crippen LogP contribution in [-0.4, -0.2) is 68.8 Å². The Morgan fingerprint density at radius 1 is 1.16 bits per heavy atom. The molecule has 19 heavy (non-hydrogen) atoms. The lowest BCUT2D eigenvalue weighted by molar-refractivity contribution is -0.142. The zero-order chi connectivity index (χ0) is 13.7. The molecule has 3 unspecified atom stereocenters. The van der Waals surface area contributed by atoms with Gasteiger partial charge in [0.25, 0.3) is 0 Å². The minimum atomic E-state index is -0.966. The Bertz CT molecular complexity index is 331. The molecule has 0 saturated carbocycles. The number of rotatable bonds is 4.